The number of morpholine rings is 1. The van der Waals surface area contributed by atoms with E-state index in [0.29, 0.717) is 0 Å². The van der Waals surface area contributed by atoms with E-state index in [1.165, 1.54) is 19.3 Å². The molecule has 1 atom stereocenters. The van der Waals surface area contributed by atoms with Gasteiger partial charge in [0, 0.05) is 18.8 Å². The van der Waals surface area contributed by atoms with Crippen LogP contribution in [0.15, 0.2) is 11.3 Å². The summed E-state index contributed by atoms with van der Waals surface area (Å²) in [6.45, 7) is 8.68. The van der Waals surface area contributed by atoms with E-state index < -0.39 is 0 Å². The van der Waals surface area contributed by atoms with E-state index in [9.17, 15) is 0 Å². The molecule has 1 fully saturated rings. The first-order valence-corrected chi connectivity index (χ1v) is 5.78. The van der Waals surface area contributed by atoms with Crippen molar-refractivity contribution in [2.45, 2.75) is 33.1 Å². The van der Waals surface area contributed by atoms with Crippen LogP contribution in [-0.4, -0.2) is 31.2 Å². The first-order valence-electron chi connectivity index (χ1n) is 5.78. The Balaban J connectivity index is 2.06. The second-order valence-electron chi connectivity index (χ2n) is 4.67. The average Bonchev–Trinajstić information content (AvgIpc) is 2.23. The van der Waals surface area contributed by atoms with E-state index in [1.54, 1.807) is 11.3 Å². The summed E-state index contributed by atoms with van der Waals surface area (Å²) >= 11 is 0. The maximum atomic E-state index is 5.39. The maximum Gasteiger partial charge on any atom is 0.0642 e. The summed E-state index contributed by atoms with van der Waals surface area (Å²) in [7, 11) is 0. The van der Waals surface area contributed by atoms with Crippen molar-refractivity contribution in [1.82, 2.24) is 4.90 Å². The number of nitrogens with zero attached hydrogens (tertiary/aromatic N) is 1. The summed E-state index contributed by atoms with van der Waals surface area (Å²) in [5.74, 6) is 0.872. The van der Waals surface area contributed by atoms with Crippen LogP contribution in [0.5, 0.6) is 0 Å². The molecule has 2 aliphatic rings. The monoisotopic (exact) mass is 195 g/mol. The highest BCUT2D eigenvalue weighted by molar-refractivity contribution is 5.15. The van der Waals surface area contributed by atoms with Crippen LogP contribution in [0.3, 0.4) is 0 Å². The topological polar surface area (TPSA) is 12.5 Å². The van der Waals surface area contributed by atoms with Gasteiger partial charge in [0.15, 0.2) is 0 Å². The van der Waals surface area contributed by atoms with Gasteiger partial charge in [-0.3, -0.25) is 0 Å². The lowest BCUT2D eigenvalue weighted by molar-refractivity contribution is 0.0495. The largest absolute Gasteiger partial charge is 0.378 e. The zero-order valence-electron chi connectivity index (χ0n) is 9.38. The molecule has 2 nitrogen and oxygen atoms in total. The highest BCUT2D eigenvalue weighted by Gasteiger charge is 2.21. The molecule has 0 bridgehead atoms. The minimum Gasteiger partial charge on any atom is -0.378 e. The van der Waals surface area contributed by atoms with Crippen molar-refractivity contribution in [2.75, 3.05) is 26.3 Å². The zero-order chi connectivity index (χ0) is 9.97. The van der Waals surface area contributed by atoms with Crippen LogP contribution in [0.4, 0.5) is 0 Å². The van der Waals surface area contributed by atoms with Gasteiger partial charge in [0.2, 0.25) is 0 Å². The molecule has 0 aromatic rings. The predicted octanol–water partition coefficient (Wildman–Crippen LogP) is 2.41. The third-order valence-corrected chi connectivity index (χ3v) is 3.44. The second kappa shape index (κ2) is 4.35. The molecular weight excluding hydrogens is 174 g/mol. The van der Waals surface area contributed by atoms with Crippen molar-refractivity contribution in [3.8, 4) is 0 Å². The van der Waals surface area contributed by atoms with Crippen LogP contribution in [-0.2, 0) is 4.74 Å². The van der Waals surface area contributed by atoms with Crippen LogP contribution < -0.4 is 0 Å². The Labute approximate surface area is 86.9 Å². The van der Waals surface area contributed by atoms with Gasteiger partial charge < -0.3 is 9.64 Å². The van der Waals surface area contributed by atoms with Crippen LogP contribution in [0.25, 0.3) is 0 Å². The Kier molecular flexibility index (Phi) is 3.12. The number of hydrogen-bond donors (Lipinski definition) is 0. The molecule has 1 aliphatic carbocycles. The maximum absolute atomic E-state index is 5.39. The first kappa shape index (κ1) is 10.0. The van der Waals surface area contributed by atoms with E-state index in [0.717, 1.165) is 32.2 Å². The van der Waals surface area contributed by atoms with E-state index in [4.69, 9.17) is 4.74 Å². The van der Waals surface area contributed by atoms with Gasteiger partial charge in [-0.15, -0.1) is 0 Å². The van der Waals surface area contributed by atoms with E-state index in [2.05, 4.69) is 18.7 Å². The molecule has 0 radical (unpaired) electrons. The van der Waals surface area contributed by atoms with E-state index >= 15 is 0 Å². The Bertz CT molecular complexity index is 228. The summed E-state index contributed by atoms with van der Waals surface area (Å²) < 4.78 is 5.39. The lowest BCUT2D eigenvalue weighted by Gasteiger charge is -2.36. The van der Waals surface area contributed by atoms with Crippen molar-refractivity contribution in [3.63, 3.8) is 0 Å². The van der Waals surface area contributed by atoms with Gasteiger partial charge in [0.1, 0.15) is 0 Å². The normalized spacial score (nSPS) is 29.6. The number of rotatable bonds is 1. The highest BCUT2D eigenvalue weighted by atomic mass is 16.5. The highest BCUT2D eigenvalue weighted by Crippen LogP contribution is 2.31. The van der Waals surface area contributed by atoms with Gasteiger partial charge in [0.05, 0.1) is 13.2 Å². The first-order chi connectivity index (χ1) is 6.77. The Morgan fingerprint density at radius 1 is 1.29 bits per heavy atom. The number of hydrogen-bond acceptors (Lipinski definition) is 2. The zero-order valence-corrected chi connectivity index (χ0v) is 9.38. The molecule has 0 aromatic carbocycles. The molecule has 0 N–H and O–H groups in total. The predicted molar refractivity (Wildman–Crippen MR) is 58.1 cm³/mol. The fraction of sp³-hybridized carbons (Fsp3) is 0.833. The fourth-order valence-corrected chi connectivity index (χ4v) is 2.45. The Hall–Kier alpha value is -0.500. The fourth-order valence-electron chi connectivity index (χ4n) is 2.45. The molecule has 2 heteroatoms. The SMILES string of the molecule is CC1=C(N2CCOCC2)CC(C)CC1. The summed E-state index contributed by atoms with van der Waals surface area (Å²) in [4.78, 5) is 2.54. The van der Waals surface area contributed by atoms with Crippen molar-refractivity contribution in [3.05, 3.63) is 11.3 Å². The van der Waals surface area contributed by atoms with Crippen molar-refractivity contribution in [1.29, 1.82) is 0 Å². The minimum absolute atomic E-state index is 0.872. The average molecular weight is 195 g/mol. The lowest BCUT2D eigenvalue weighted by atomic mass is 9.88. The third-order valence-electron chi connectivity index (χ3n) is 3.44. The van der Waals surface area contributed by atoms with Gasteiger partial charge in [0.25, 0.3) is 0 Å². The van der Waals surface area contributed by atoms with Crippen LogP contribution in [0, 0.1) is 5.92 Å². The Morgan fingerprint density at radius 2 is 2.00 bits per heavy atom. The van der Waals surface area contributed by atoms with Crippen LogP contribution >= 0.6 is 0 Å². The molecule has 1 unspecified atom stereocenters. The molecule has 1 aliphatic heterocycles. The van der Waals surface area contributed by atoms with Crippen LogP contribution in [0.2, 0.25) is 0 Å². The lowest BCUT2D eigenvalue weighted by Crippen LogP contribution is -2.37. The van der Waals surface area contributed by atoms with Crippen molar-refractivity contribution in [2.24, 2.45) is 5.92 Å². The van der Waals surface area contributed by atoms with Gasteiger partial charge >= 0.3 is 0 Å². The molecule has 1 heterocycles. The molecule has 0 aromatic heterocycles. The summed E-state index contributed by atoms with van der Waals surface area (Å²) in [5.41, 5.74) is 3.23. The number of ether oxygens (including phenoxy) is 1. The standard InChI is InChI=1S/C12H21NO/c1-10-3-4-11(2)12(9-10)13-5-7-14-8-6-13/h10H,3-9H2,1-2H3. The van der Waals surface area contributed by atoms with Gasteiger partial charge in [-0.05, 0) is 32.1 Å². The molecule has 0 saturated carbocycles. The Morgan fingerprint density at radius 3 is 2.71 bits per heavy atom. The third kappa shape index (κ3) is 2.11. The molecule has 2 rings (SSSR count). The summed E-state index contributed by atoms with van der Waals surface area (Å²) in [5, 5.41) is 0. The molecule has 80 valence electrons. The molecular formula is C12H21NO. The van der Waals surface area contributed by atoms with Gasteiger partial charge in [-0.25, -0.2) is 0 Å². The quantitative estimate of drug-likeness (QED) is 0.637. The molecule has 14 heavy (non-hydrogen) atoms. The van der Waals surface area contributed by atoms with Gasteiger partial charge in [-0.2, -0.15) is 0 Å². The number of allylic oxidation sites excluding steroid dienone is 2. The van der Waals surface area contributed by atoms with Crippen molar-refractivity contribution < 1.29 is 4.74 Å². The molecule has 0 amide bonds. The smallest absolute Gasteiger partial charge is 0.0642 e. The minimum atomic E-state index is 0.872. The second-order valence-corrected chi connectivity index (χ2v) is 4.67. The van der Waals surface area contributed by atoms with Gasteiger partial charge in [-0.1, -0.05) is 12.5 Å². The van der Waals surface area contributed by atoms with Crippen LogP contribution in [0.1, 0.15) is 33.1 Å². The van der Waals surface area contributed by atoms with E-state index in [-0.39, 0.29) is 0 Å². The van der Waals surface area contributed by atoms with Crippen molar-refractivity contribution >= 4 is 0 Å². The molecule has 0 spiro atoms. The summed E-state index contributed by atoms with van der Waals surface area (Å²) in [6, 6.07) is 0. The summed E-state index contributed by atoms with van der Waals surface area (Å²) in [6.07, 6.45) is 3.96. The van der Waals surface area contributed by atoms with E-state index in [1.807, 2.05) is 0 Å². The molecule has 1 saturated heterocycles.